The maximum atomic E-state index is 14.0. The van der Waals surface area contributed by atoms with Crippen LogP contribution < -0.4 is 25.4 Å². The lowest BCUT2D eigenvalue weighted by Crippen LogP contribution is -2.44. The molecular formula is C37H42N6O3. The molecular weight excluding hydrogens is 576 g/mol. The van der Waals surface area contributed by atoms with Gasteiger partial charge in [0.1, 0.15) is 12.4 Å². The number of piperazine rings is 1. The van der Waals surface area contributed by atoms with E-state index in [1.54, 1.807) is 0 Å². The van der Waals surface area contributed by atoms with Crippen LogP contribution in [-0.2, 0) is 25.9 Å². The number of nitrogens with one attached hydrogen (secondary N) is 2. The Labute approximate surface area is 270 Å². The van der Waals surface area contributed by atoms with E-state index in [0.29, 0.717) is 36.6 Å². The molecule has 7 rings (SSSR count). The zero-order valence-corrected chi connectivity index (χ0v) is 26.8. The molecule has 3 aliphatic rings. The summed E-state index contributed by atoms with van der Waals surface area (Å²) >= 11 is 0. The van der Waals surface area contributed by atoms with Crippen LogP contribution in [0.3, 0.4) is 0 Å². The van der Waals surface area contributed by atoms with Gasteiger partial charge in [-0.1, -0.05) is 30.3 Å². The van der Waals surface area contributed by atoms with Gasteiger partial charge in [0, 0.05) is 62.3 Å². The number of ether oxygens (including phenoxy) is 1. The van der Waals surface area contributed by atoms with E-state index >= 15 is 0 Å². The normalized spacial score (nSPS) is 16.4. The zero-order valence-electron chi connectivity index (χ0n) is 26.8. The summed E-state index contributed by atoms with van der Waals surface area (Å²) in [6, 6.07) is 18.5. The summed E-state index contributed by atoms with van der Waals surface area (Å²) in [5, 5.41) is 3.09. The molecule has 0 atom stereocenters. The predicted molar refractivity (Wildman–Crippen MR) is 182 cm³/mol. The number of H-pyrrole nitrogens is 1. The Hall–Kier alpha value is -4.63. The number of aryl methyl sites for hydroxylation is 1. The number of hydrogen-bond acceptors (Lipinski definition) is 7. The second-order valence-corrected chi connectivity index (χ2v) is 12.7. The molecule has 4 aromatic rings. The second-order valence-electron chi connectivity index (χ2n) is 12.7. The molecule has 0 unspecified atom stereocenters. The third kappa shape index (κ3) is 6.11. The molecule has 2 aromatic heterocycles. The maximum absolute atomic E-state index is 14.0. The molecule has 0 radical (unpaired) electrons. The van der Waals surface area contributed by atoms with Gasteiger partial charge in [-0.25, -0.2) is 4.98 Å². The lowest BCUT2D eigenvalue weighted by molar-refractivity contribution is 0.0946. The minimum Gasteiger partial charge on any atom is -0.489 e. The van der Waals surface area contributed by atoms with Gasteiger partial charge in [-0.05, 0) is 86.2 Å². The highest BCUT2D eigenvalue weighted by Gasteiger charge is 2.27. The van der Waals surface area contributed by atoms with Gasteiger partial charge in [0.2, 0.25) is 0 Å². The van der Waals surface area contributed by atoms with Crippen LogP contribution in [0.1, 0.15) is 51.1 Å². The minimum absolute atomic E-state index is 0.119. The molecule has 0 saturated carbocycles. The quantitative estimate of drug-likeness (QED) is 0.310. The summed E-state index contributed by atoms with van der Waals surface area (Å²) in [6.07, 6.45) is 5.90. The van der Waals surface area contributed by atoms with Gasteiger partial charge in [-0.3, -0.25) is 9.59 Å². The number of benzene rings is 2. The fourth-order valence-electron chi connectivity index (χ4n) is 7.02. The van der Waals surface area contributed by atoms with Gasteiger partial charge in [-0.15, -0.1) is 0 Å². The van der Waals surface area contributed by atoms with Crippen molar-refractivity contribution in [1.82, 2.24) is 20.2 Å². The third-order valence-electron chi connectivity index (χ3n) is 9.67. The number of rotatable bonds is 7. The van der Waals surface area contributed by atoms with Gasteiger partial charge in [0.15, 0.2) is 5.75 Å². The predicted octanol–water partition coefficient (Wildman–Crippen LogP) is 4.70. The molecule has 1 saturated heterocycles. The number of likely N-dealkylation sites (N-methyl/N-ethyl adjacent to an activating group) is 1. The van der Waals surface area contributed by atoms with Crippen molar-refractivity contribution in [3.8, 4) is 16.9 Å². The lowest BCUT2D eigenvalue weighted by atomic mass is 9.88. The molecule has 2 aromatic carbocycles. The number of hydrogen-bond donors (Lipinski definition) is 2. The summed E-state index contributed by atoms with van der Waals surface area (Å²) in [6.45, 7) is 7.95. The van der Waals surface area contributed by atoms with Crippen LogP contribution in [0.15, 0.2) is 65.6 Å². The van der Waals surface area contributed by atoms with E-state index in [9.17, 15) is 9.59 Å². The van der Waals surface area contributed by atoms with Gasteiger partial charge in [0.05, 0.1) is 17.8 Å². The van der Waals surface area contributed by atoms with Crippen molar-refractivity contribution in [3.63, 3.8) is 0 Å². The number of anilines is 2. The van der Waals surface area contributed by atoms with Crippen molar-refractivity contribution in [2.45, 2.75) is 45.7 Å². The highest BCUT2D eigenvalue weighted by Crippen LogP contribution is 2.40. The Balaban J connectivity index is 1.22. The van der Waals surface area contributed by atoms with Crippen LogP contribution in [-0.4, -0.2) is 67.2 Å². The summed E-state index contributed by atoms with van der Waals surface area (Å²) in [5.74, 6) is 1.28. The molecule has 1 aliphatic carbocycles. The van der Waals surface area contributed by atoms with Crippen LogP contribution >= 0.6 is 0 Å². The highest BCUT2D eigenvalue weighted by atomic mass is 16.5. The van der Waals surface area contributed by atoms with Crippen molar-refractivity contribution >= 4 is 17.4 Å². The molecule has 1 amide bonds. The van der Waals surface area contributed by atoms with Crippen molar-refractivity contribution in [2.75, 3.05) is 56.2 Å². The second kappa shape index (κ2) is 13.0. The third-order valence-corrected chi connectivity index (χ3v) is 9.67. The van der Waals surface area contributed by atoms with E-state index in [2.05, 4.69) is 62.4 Å². The first kappa shape index (κ1) is 30.0. The standard InChI is InChI=1S/C37H42N6O3/c1-25-29-10-6-7-11-30(29)32(37(45)40-25)23-39-36(44)31-20-28(27-12-13-34(38-22-27)42-16-14-41(2)15-17-42)21-33-35(31)46-19-18-43(33)24-26-8-4-3-5-9-26/h3-5,8-9,12-13,20-22H,6-7,10-11,14-19,23-24H2,1-2H3,(H,39,44)(H,40,45). The molecule has 0 spiro atoms. The SMILES string of the molecule is Cc1[nH]c(=O)c(CNC(=O)c2cc(-c3ccc(N4CCN(C)CC4)nc3)cc3c2OCCN3Cc2ccccc2)c2c1CCCC2. The molecule has 1 fully saturated rings. The van der Waals surface area contributed by atoms with Crippen LogP contribution in [0.5, 0.6) is 5.75 Å². The molecule has 2 N–H and O–H groups in total. The number of amides is 1. The number of aromatic nitrogens is 2. The summed E-state index contributed by atoms with van der Waals surface area (Å²) in [4.78, 5) is 41.9. The number of pyridine rings is 2. The fraction of sp³-hybridized carbons (Fsp3) is 0.378. The van der Waals surface area contributed by atoms with Gasteiger partial charge < -0.3 is 29.7 Å². The van der Waals surface area contributed by atoms with Gasteiger partial charge in [0.25, 0.3) is 11.5 Å². The number of nitrogens with zero attached hydrogens (tertiary/aromatic N) is 4. The maximum Gasteiger partial charge on any atom is 0.255 e. The first-order valence-electron chi connectivity index (χ1n) is 16.5. The van der Waals surface area contributed by atoms with Crippen LogP contribution in [0, 0.1) is 6.92 Å². The van der Waals surface area contributed by atoms with E-state index in [-0.39, 0.29) is 18.0 Å². The smallest absolute Gasteiger partial charge is 0.255 e. The molecule has 0 bridgehead atoms. The first-order valence-corrected chi connectivity index (χ1v) is 16.5. The van der Waals surface area contributed by atoms with E-state index in [1.165, 1.54) is 11.1 Å². The Morgan fingerprint density at radius 3 is 2.50 bits per heavy atom. The summed E-state index contributed by atoms with van der Waals surface area (Å²) in [5.41, 5.74) is 8.17. The Bertz CT molecular complexity index is 1780. The van der Waals surface area contributed by atoms with Gasteiger partial charge >= 0.3 is 0 Å². The van der Waals surface area contributed by atoms with Crippen molar-refractivity contribution in [2.24, 2.45) is 0 Å². The molecule has 46 heavy (non-hydrogen) atoms. The zero-order chi connectivity index (χ0) is 31.6. The van der Waals surface area contributed by atoms with E-state index in [1.807, 2.05) is 37.4 Å². The van der Waals surface area contributed by atoms with E-state index in [0.717, 1.165) is 85.8 Å². The van der Waals surface area contributed by atoms with E-state index < -0.39 is 0 Å². The first-order chi connectivity index (χ1) is 22.4. The number of carbonyl (C=O) groups excluding carboxylic acids is 1. The van der Waals surface area contributed by atoms with Crippen molar-refractivity contribution in [3.05, 3.63) is 105 Å². The van der Waals surface area contributed by atoms with E-state index in [4.69, 9.17) is 9.72 Å². The Kier molecular flexibility index (Phi) is 8.49. The van der Waals surface area contributed by atoms with Crippen molar-refractivity contribution in [1.29, 1.82) is 0 Å². The van der Waals surface area contributed by atoms with Crippen LogP contribution in [0.4, 0.5) is 11.5 Å². The number of fused-ring (bicyclic) bond motifs is 2. The Morgan fingerprint density at radius 1 is 0.957 bits per heavy atom. The lowest BCUT2D eigenvalue weighted by Gasteiger charge is -2.33. The van der Waals surface area contributed by atoms with Crippen molar-refractivity contribution < 1.29 is 9.53 Å². The summed E-state index contributed by atoms with van der Waals surface area (Å²) in [7, 11) is 2.15. The number of carbonyl (C=O) groups is 1. The van der Waals surface area contributed by atoms with Crippen LogP contribution in [0.25, 0.3) is 11.1 Å². The topological polar surface area (TPSA) is 93.8 Å². The van der Waals surface area contributed by atoms with Gasteiger partial charge in [-0.2, -0.15) is 0 Å². The monoisotopic (exact) mass is 618 g/mol. The molecule has 4 heterocycles. The molecule has 9 heteroatoms. The van der Waals surface area contributed by atoms with Crippen LogP contribution in [0.2, 0.25) is 0 Å². The molecule has 238 valence electrons. The Morgan fingerprint density at radius 2 is 1.74 bits per heavy atom. The molecule has 2 aliphatic heterocycles. The molecule has 9 nitrogen and oxygen atoms in total. The fourth-order valence-corrected chi connectivity index (χ4v) is 7.02. The largest absolute Gasteiger partial charge is 0.489 e. The average molecular weight is 619 g/mol. The average Bonchev–Trinajstić information content (AvgIpc) is 3.09. The minimum atomic E-state index is -0.258. The summed E-state index contributed by atoms with van der Waals surface area (Å²) < 4.78 is 6.23. The highest BCUT2D eigenvalue weighted by molar-refractivity contribution is 6.01. The number of aromatic amines is 1.